The van der Waals surface area contributed by atoms with E-state index in [0.29, 0.717) is 5.69 Å². The maximum Gasteiger partial charge on any atom is 0.242 e. The molecule has 0 saturated carbocycles. The van der Waals surface area contributed by atoms with E-state index in [1.165, 1.54) is 19.1 Å². The molecule has 0 aliphatic rings. The normalized spacial score (nSPS) is 12.7. The predicted molar refractivity (Wildman–Crippen MR) is 95.5 cm³/mol. The number of hydrogen-bond donors (Lipinski definition) is 2. The van der Waals surface area contributed by atoms with Crippen LogP contribution < -0.4 is 10.0 Å². The van der Waals surface area contributed by atoms with E-state index in [0.717, 1.165) is 16.7 Å². The van der Waals surface area contributed by atoms with Gasteiger partial charge < -0.3 is 5.32 Å². The summed E-state index contributed by atoms with van der Waals surface area (Å²) < 4.78 is 27.1. The quantitative estimate of drug-likeness (QED) is 0.874. The van der Waals surface area contributed by atoms with Crippen LogP contribution in [0.1, 0.15) is 23.6 Å². The van der Waals surface area contributed by atoms with Gasteiger partial charge in [0.05, 0.1) is 10.9 Å². The number of benzene rings is 2. The zero-order valence-corrected chi connectivity index (χ0v) is 15.1. The molecule has 0 spiro atoms. The Kier molecular flexibility index (Phi) is 5.41. The second-order valence-corrected chi connectivity index (χ2v) is 7.74. The molecule has 0 unspecified atom stereocenters. The van der Waals surface area contributed by atoms with Crippen molar-refractivity contribution in [1.82, 2.24) is 4.72 Å². The largest absolute Gasteiger partial charge is 0.325 e. The van der Waals surface area contributed by atoms with Crippen molar-refractivity contribution in [3.63, 3.8) is 0 Å². The van der Waals surface area contributed by atoms with Gasteiger partial charge in [-0.2, -0.15) is 4.72 Å². The van der Waals surface area contributed by atoms with Gasteiger partial charge in [-0.15, -0.1) is 0 Å². The third-order valence-corrected chi connectivity index (χ3v) is 5.10. The third-order valence-electron chi connectivity index (χ3n) is 3.55. The van der Waals surface area contributed by atoms with Crippen molar-refractivity contribution < 1.29 is 13.2 Å². The lowest BCUT2D eigenvalue weighted by molar-refractivity contribution is -0.117. The van der Waals surface area contributed by atoms with Gasteiger partial charge in [0.15, 0.2) is 0 Å². The highest BCUT2D eigenvalue weighted by Crippen LogP contribution is 2.15. The fourth-order valence-electron chi connectivity index (χ4n) is 2.37. The minimum absolute atomic E-state index is 0.138. The van der Waals surface area contributed by atoms with Gasteiger partial charge in [0.25, 0.3) is 0 Å². The molecule has 5 nitrogen and oxygen atoms in total. The lowest BCUT2D eigenvalue weighted by Crippen LogP contribution is -2.41. The molecular formula is C18H22N2O3S. The first-order chi connectivity index (χ1) is 11.2. The second kappa shape index (κ2) is 7.15. The summed E-state index contributed by atoms with van der Waals surface area (Å²) in [5.41, 5.74) is 3.67. The minimum atomic E-state index is -3.74. The maximum atomic E-state index is 12.3. The van der Waals surface area contributed by atoms with Crippen LogP contribution in [0.3, 0.4) is 0 Å². The van der Waals surface area contributed by atoms with Crippen molar-refractivity contribution in [3.8, 4) is 0 Å². The van der Waals surface area contributed by atoms with Crippen molar-refractivity contribution in [2.24, 2.45) is 0 Å². The Bertz CT molecular complexity index is 823. The number of amides is 1. The summed E-state index contributed by atoms with van der Waals surface area (Å²) in [5, 5.41) is 2.74. The summed E-state index contributed by atoms with van der Waals surface area (Å²) in [5.74, 6) is -0.407. The van der Waals surface area contributed by atoms with Crippen molar-refractivity contribution in [1.29, 1.82) is 0 Å². The summed E-state index contributed by atoms with van der Waals surface area (Å²) in [6.07, 6.45) is 0. The Labute approximate surface area is 143 Å². The second-order valence-electron chi connectivity index (χ2n) is 6.02. The number of anilines is 1. The van der Waals surface area contributed by atoms with Crippen LogP contribution in [0.25, 0.3) is 0 Å². The van der Waals surface area contributed by atoms with E-state index >= 15 is 0 Å². The summed E-state index contributed by atoms with van der Waals surface area (Å²) >= 11 is 0. The summed E-state index contributed by atoms with van der Waals surface area (Å²) in [6.45, 7) is 7.27. The molecule has 0 heterocycles. The molecule has 0 aromatic heterocycles. The molecule has 2 N–H and O–H groups in total. The molecule has 1 amide bonds. The van der Waals surface area contributed by atoms with E-state index in [2.05, 4.69) is 10.0 Å². The molecule has 2 aromatic carbocycles. The molecule has 0 fully saturated rings. The number of aryl methyl sites for hydroxylation is 3. The monoisotopic (exact) mass is 346 g/mol. The number of hydrogen-bond acceptors (Lipinski definition) is 3. The third kappa shape index (κ3) is 4.66. The smallest absolute Gasteiger partial charge is 0.242 e. The molecule has 0 aliphatic heterocycles. The average Bonchev–Trinajstić information content (AvgIpc) is 2.46. The van der Waals surface area contributed by atoms with Crippen LogP contribution in [0.15, 0.2) is 47.4 Å². The summed E-state index contributed by atoms with van der Waals surface area (Å²) in [4.78, 5) is 12.4. The van der Waals surface area contributed by atoms with Gasteiger partial charge in [0.2, 0.25) is 15.9 Å². The van der Waals surface area contributed by atoms with Crippen LogP contribution in [-0.4, -0.2) is 20.4 Å². The van der Waals surface area contributed by atoms with Crippen molar-refractivity contribution in [2.75, 3.05) is 5.32 Å². The molecular weight excluding hydrogens is 324 g/mol. The highest BCUT2D eigenvalue weighted by molar-refractivity contribution is 7.89. The molecule has 0 bridgehead atoms. The fraction of sp³-hybridized carbons (Fsp3) is 0.278. The Hall–Kier alpha value is -2.18. The standard InChI is InChI=1S/C18H22N2O3S/c1-12-5-7-17(8-6-12)24(22,23)20-15(4)18(21)19-16-10-13(2)9-14(3)11-16/h5-11,15,20H,1-4H3,(H,19,21)/t15-/m1/s1. The van der Waals surface area contributed by atoms with Gasteiger partial charge in [0.1, 0.15) is 0 Å². The highest BCUT2D eigenvalue weighted by atomic mass is 32.2. The van der Waals surface area contributed by atoms with Crippen LogP contribution in [0.2, 0.25) is 0 Å². The first-order valence-electron chi connectivity index (χ1n) is 7.65. The van der Waals surface area contributed by atoms with E-state index in [1.807, 2.05) is 39.0 Å². The predicted octanol–water partition coefficient (Wildman–Crippen LogP) is 2.92. The first-order valence-corrected chi connectivity index (χ1v) is 9.14. The number of carbonyl (C=O) groups excluding carboxylic acids is 1. The fourth-order valence-corrected chi connectivity index (χ4v) is 3.57. The van der Waals surface area contributed by atoms with Crippen molar-refractivity contribution in [3.05, 3.63) is 59.2 Å². The van der Waals surface area contributed by atoms with Gasteiger partial charge in [-0.3, -0.25) is 4.79 Å². The molecule has 0 aliphatic carbocycles. The number of nitrogens with one attached hydrogen (secondary N) is 2. The Morgan fingerprint density at radius 1 is 0.917 bits per heavy atom. The minimum Gasteiger partial charge on any atom is -0.325 e. The summed E-state index contributed by atoms with van der Waals surface area (Å²) in [7, 11) is -3.74. The summed E-state index contributed by atoms with van der Waals surface area (Å²) in [6, 6.07) is 11.3. The van der Waals surface area contributed by atoms with Gasteiger partial charge in [-0.05, 0) is 63.1 Å². The molecule has 0 saturated heterocycles. The number of sulfonamides is 1. The maximum absolute atomic E-state index is 12.3. The van der Waals surface area contributed by atoms with Crippen LogP contribution in [0.5, 0.6) is 0 Å². The lowest BCUT2D eigenvalue weighted by Gasteiger charge is -2.15. The first kappa shape index (κ1) is 18.2. The van der Waals surface area contributed by atoms with Gasteiger partial charge in [-0.1, -0.05) is 23.8 Å². The molecule has 6 heteroatoms. The van der Waals surface area contributed by atoms with Crippen LogP contribution in [0.4, 0.5) is 5.69 Å². The molecule has 2 rings (SSSR count). The molecule has 128 valence electrons. The average molecular weight is 346 g/mol. The van der Waals surface area contributed by atoms with Crippen molar-refractivity contribution >= 4 is 21.6 Å². The van der Waals surface area contributed by atoms with Crippen LogP contribution in [0, 0.1) is 20.8 Å². The van der Waals surface area contributed by atoms with E-state index in [9.17, 15) is 13.2 Å². The topological polar surface area (TPSA) is 75.3 Å². The van der Waals surface area contributed by atoms with E-state index in [4.69, 9.17) is 0 Å². The Morgan fingerprint density at radius 2 is 1.46 bits per heavy atom. The molecule has 24 heavy (non-hydrogen) atoms. The Balaban J connectivity index is 2.09. The van der Waals surface area contributed by atoms with Gasteiger partial charge in [0, 0.05) is 5.69 Å². The SMILES string of the molecule is Cc1ccc(S(=O)(=O)N[C@H](C)C(=O)Nc2cc(C)cc(C)c2)cc1. The van der Waals surface area contributed by atoms with Gasteiger partial charge in [-0.25, -0.2) is 8.42 Å². The van der Waals surface area contributed by atoms with E-state index in [1.54, 1.807) is 12.1 Å². The molecule has 1 atom stereocenters. The van der Waals surface area contributed by atoms with E-state index in [-0.39, 0.29) is 4.90 Å². The Morgan fingerprint density at radius 3 is 2.00 bits per heavy atom. The highest BCUT2D eigenvalue weighted by Gasteiger charge is 2.22. The number of rotatable bonds is 5. The lowest BCUT2D eigenvalue weighted by atomic mass is 10.1. The van der Waals surface area contributed by atoms with Gasteiger partial charge >= 0.3 is 0 Å². The number of carbonyl (C=O) groups is 1. The zero-order chi connectivity index (χ0) is 17.9. The van der Waals surface area contributed by atoms with Crippen LogP contribution >= 0.6 is 0 Å². The molecule has 2 aromatic rings. The zero-order valence-electron chi connectivity index (χ0n) is 14.3. The molecule has 0 radical (unpaired) electrons. The van der Waals surface area contributed by atoms with E-state index < -0.39 is 22.0 Å². The van der Waals surface area contributed by atoms with Crippen LogP contribution in [-0.2, 0) is 14.8 Å². The van der Waals surface area contributed by atoms with Crippen molar-refractivity contribution in [2.45, 2.75) is 38.6 Å².